The van der Waals surface area contributed by atoms with E-state index >= 15 is 0 Å². The lowest BCUT2D eigenvalue weighted by Gasteiger charge is -2.26. The van der Waals surface area contributed by atoms with E-state index in [0.29, 0.717) is 45.7 Å². The first-order valence-electron chi connectivity index (χ1n) is 15.3. The molecule has 9 nitrogen and oxygen atoms in total. The van der Waals surface area contributed by atoms with E-state index in [1.54, 1.807) is 74.9 Å². The van der Waals surface area contributed by atoms with E-state index < -0.39 is 11.8 Å². The maximum atomic E-state index is 13.3. The molecule has 0 bridgehead atoms. The number of fused-ring (bicyclic) bond motifs is 1. The molecule has 1 aromatic heterocycles. The first-order chi connectivity index (χ1) is 23.9. The molecule has 0 saturated carbocycles. The van der Waals surface area contributed by atoms with Crippen LogP contribution in [0.4, 0.5) is 0 Å². The molecule has 1 aliphatic rings. The topological polar surface area (TPSA) is 117 Å². The van der Waals surface area contributed by atoms with Gasteiger partial charge in [-0.1, -0.05) is 48.5 Å². The lowest BCUT2D eigenvalue weighted by atomic mass is 9.88. The van der Waals surface area contributed by atoms with Gasteiger partial charge < -0.3 is 24.1 Å². The highest BCUT2D eigenvalue weighted by atomic mass is 32.1. The minimum Gasteiger partial charge on any atom is -0.497 e. The van der Waals surface area contributed by atoms with E-state index in [9.17, 15) is 14.7 Å². The van der Waals surface area contributed by atoms with Crippen LogP contribution in [0.5, 0.6) is 17.2 Å². The smallest absolute Gasteiger partial charge is 0.342 e. The highest BCUT2D eigenvalue weighted by molar-refractivity contribution is 7.00. The maximum Gasteiger partial charge on any atom is 0.342 e. The van der Waals surface area contributed by atoms with Gasteiger partial charge in [-0.3, -0.25) is 4.79 Å². The molecule has 1 unspecified atom stereocenters. The number of benzene rings is 5. The predicted molar refractivity (Wildman–Crippen MR) is 187 cm³/mol. The van der Waals surface area contributed by atoms with Crippen molar-refractivity contribution in [1.29, 1.82) is 0 Å². The van der Waals surface area contributed by atoms with E-state index in [4.69, 9.17) is 18.9 Å². The Hall–Kier alpha value is -5.84. The molecule has 0 saturated heterocycles. The van der Waals surface area contributed by atoms with Crippen LogP contribution in [0.3, 0.4) is 0 Å². The molecule has 1 N–H and O–H groups in total. The molecule has 0 aliphatic carbocycles. The molecular formula is C39H32N2O7S. The second-order valence-electron chi connectivity index (χ2n) is 11.1. The quantitative estimate of drug-likeness (QED) is 0.119. The average molecular weight is 673 g/mol. The number of aliphatic hydroxyl groups is 1. The number of aromatic nitrogens is 2. The molecule has 49 heavy (non-hydrogen) atoms. The fraction of sp³-hybridized carbons (Fsp3) is 0.128. The van der Waals surface area contributed by atoms with Crippen molar-refractivity contribution in [2.24, 2.45) is 0 Å². The molecule has 10 heteroatoms. The molecule has 1 aliphatic heterocycles. The van der Waals surface area contributed by atoms with Gasteiger partial charge in [0, 0.05) is 23.1 Å². The minimum atomic E-state index is -1.96. The first kappa shape index (κ1) is 33.1. The highest BCUT2D eigenvalue weighted by Crippen LogP contribution is 2.45. The summed E-state index contributed by atoms with van der Waals surface area (Å²) in [7, 11) is 3.20. The number of cyclic esters (lactones) is 1. The van der Waals surface area contributed by atoms with Gasteiger partial charge in [0.15, 0.2) is 0 Å². The van der Waals surface area contributed by atoms with Crippen molar-refractivity contribution in [3.8, 4) is 17.2 Å². The highest BCUT2D eigenvalue weighted by Gasteiger charge is 2.48. The summed E-state index contributed by atoms with van der Waals surface area (Å²) in [5.41, 5.74) is 5.82. The van der Waals surface area contributed by atoms with Crippen LogP contribution in [0.25, 0.3) is 16.6 Å². The normalized spacial score (nSPS) is 15.3. The standard InChI is InChI=1S/C31H24N2O5S.C8H8O2/c1-36-24-12-7-20(8-13-24)17-26-29(22-9-16-27-28(18-22)33-39-32-27)30(34)38-31(26,35)23-10-14-25(15-11-23)37-19-21-5-3-2-4-6-21;1-10-8-4-2-7(6-9)3-5-8/h2-16,18,35H,17,19H2,1H3;2-6H,1H3. The third-order valence-corrected chi connectivity index (χ3v) is 8.54. The molecule has 0 radical (unpaired) electrons. The summed E-state index contributed by atoms with van der Waals surface area (Å²) in [4.78, 5) is 23.5. The van der Waals surface area contributed by atoms with Crippen molar-refractivity contribution in [2.45, 2.75) is 18.8 Å². The number of aldehydes is 1. The first-order valence-corrected chi connectivity index (χ1v) is 16.0. The summed E-state index contributed by atoms with van der Waals surface area (Å²) in [6, 6.07) is 36.7. The van der Waals surface area contributed by atoms with Crippen LogP contribution in [0, 0.1) is 0 Å². The molecule has 0 spiro atoms. The van der Waals surface area contributed by atoms with Gasteiger partial charge in [0.25, 0.3) is 5.79 Å². The Kier molecular flexibility index (Phi) is 10.1. The van der Waals surface area contributed by atoms with Crippen LogP contribution < -0.4 is 14.2 Å². The molecule has 0 fully saturated rings. The zero-order valence-corrected chi connectivity index (χ0v) is 27.6. The monoisotopic (exact) mass is 672 g/mol. The Morgan fingerprint density at radius 2 is 1.39 bits per heavy atom. The number of hydrogen-bond donors (Lipinski definition) is 1. The maximum absolute atomic E-state index is 13.3. The van der Waals surface area contributed by atoms with Crippen molar-refractivity contribution in [2.75, 3.05) is 14.2 Å². The molecule has 246 valence electrons. The van der Waals surface area contributed by atoms with Crippen LogP contribution in [-0.4, -0.2) is 40.3 Å². The van der Waals surface area contributed by atoms with Crippen molar-refractivity contribution in [3.63, 3.8) is 0 Å². The van der Waals surface area contributed by atoms with Gasteiger partial charge in [-0.25, -0.2) is 4.79 Å². The van der Waals surface area contributed by atoms with Crippen molar-refractivity contribution >= 4 is 40.6 Å². The number of nitrogens with zero attached hydrogens (tertiary/aromatic N) is 2. The summed E-state index contributed by atoms with van der Waals surface area (Å²) in [6.07, 6.45) is 1.08. The van der Waals surface area contributed by atoms with Gasteiger partial charge in [0.1, 0.15) is 41.2 Å². The van der Waals surface area contributed by atoms with E-state index in [1.165, 1.54) is 0 Å². The number of ether oxygens (including phenoxy) is 4. The zero-order chi connectivity index (χ0) is 34.2. The van der Waals surface area contributed by atoms with Crippen LogP contribution in [-0.2, 0) is 28.3 Å². The van der Waals surface area contributed by atoms with Crippen LogP contribution >= 0.6 is 11.7 Å². The van der Waals surface area contributed by atoms with Gasteiger partial charge in [0.05, 0.1) is 31.5 Å². The van der Waals surface area contributed by atoms with Gasteiger partial charge >= 0.3 is 5.97 Å². The van der Waals surface area contributed by atoms with Gasteiger partial charge in [-0.2, -0.15) is 8.75 Å². The molecule has 0 amide bonds. The van der Waals surface area contributed by atoms with E-state index in [2.05, 4.69) is 8.75 Å². The largest absolute Gasteiger partial charge is 0.497 e. The second-order valence-corrected chi connectivity index (χ2v) is 11.6. The Bertz CT molecular complexity index is 2080. The number of carbonyl (C=O) groups is 2. The summed E-state index contributed by atoms with van der Waals surface area (Å²) in [5, 5.41) is 12.0. The summed E-state index contributed by atoms with van der Waals surface area (Å²) in [5.74, 6) is -0.439. The van der Waals surface area contributed by atoms with Gasteiger partial charge in [0.2, 0.25) is 0 Å². The lowest BCUT2D eigenvalue weighted by molar-refractivity contribution is -0.185. The van der Waals surface area contributed by atoms with E-state index in [0.717, 1.165) is 46.2 Å². The SMILES string of the molecule is COc1ccc(C=O)cc1.COc1ccc(CC2=C(c3ccc4nsnc4c3)C(=O)OC2(O)c2ccc(OCc3ccccc3)cc2)cc1. The van der Waals surface area contributed by atoms with Crippen molar-refractivity contribution in [1.82, 2.24) is 8.75 Å². The van der Waals surface area contributed by atoms with Crippen molar-refractivity contribution in [3.05, 3.63) is 155 Å². The van der Waals surface area contributed by atoms with Crippen LogP contribution in [0.1, 0.15) is 32.6 Å². The Balaban J connectivity index is 0.000000359. The fourth-order valence-corrected chi connectivity index (χ4v) is 5.88. The number of hydrogen-bond acceptors (Lipinski definition) is 10. The van der Waals surface area contributed by atoms with Crippen LogP contribution in [0.2, 0.25) is 0 Å². The third kappa shape index (κ3) is 7.51. The minimum absolute atomic E-state index is 0.279. The molecule has 7 rings (SSSR count). The van der Waals surface area contributed by atoms with Crippen LogP contribution in [0.15, 0.2) is 127 Å². The predicted octanol–water partition coefficient (Wildman–Crippen LogP) is 7.19. The summed E-state index contributed by atoms with van der Waals surface area (Å²) < 4.78 is 30.4. The third-order valence-electron chi connectivity index (χ3n) is 7.98. The number of rotatable bonds is 10. The molecule has 6 aromatic rings. The number of esters is 1. The van der Waals surface area contributed by atoms with E-state index in [1.807, 2.05) is 60.7 Å². The average Bonchev–Trinajstić information content (AvgIpc) is 3.73. The molecule has 2 heterocycles. The Morgan fingerprint density at radius 3 is 2.04 bits per heavy atom. The molecular weight excluding hydrogens is 641 g/mol. The fourth-order valence-electron chi connectivity index (χ4n) is 5.36. The summed E-state index contributed by atoms with van der Waals surface area (Å²) in [6.45, 7) is 0.417. The van der Waals surface area contributed by atoms with E-state index in [-0.39, 0.29) is 6.42 Å². The summed E-state index contributed by atoms with van der Waals surface area (Å²) >= 11 is 1.11. The number of carbonyl (C=O) groups excluding carboxylic acids is 2. The Morgan fingerprint density at radius 1 is 0.755 bits per heavy atom. The molecule has 1 atom stereocenters. The number of methoxy groups -OCH3 is 2. The van der Waals surface area contributed by atoms with Crippen molar-refractivity contribution < 1.29 is 33.6 Å². The molecule has 5 aromatic carbocycles. The second kappa shape index (κ2) is 14.9. The van der Waals surface area contributed by atoms with Gasteiger partial charge in [-0.05, 0) is 89.5 Å². The zero-order valence-electron chi connectivity index (χ0n) is 26.7. The van der Waals surface area contributed by atoms with Gasteiger partial charge in [-0.15, -0.1) is 0 Å². The Labute approximate surface area is 287 Å². The lowest BCUT2D eigenvalue weighted by Crippen LogP contribution is -2.29.